The number of hydrogen-bond acceptors (Lipinski definition) is 9. The van der Waals surface area contributed by atoms with Crippen molar-refractivity contribution < 1.29 is 32.9 Å². The Morgan fingerprint density at radius 2 is 1.61 bits per heavy atom. The van der Waals surface area contributed by atoms with Gasteiger partial charge in [0.25, 0.3) is 0 Å². The summed E-state index contributed by atoms with van der Waals surface area (Å²) in [6.07, 6.45) is -1.38. The number of aromatic nitrogens is 1. The van der Waals surface area contributed by atoms with E-state index in [1.54, 1.807) is 38.5 Å². The minimum Gasteiger partial charge on any atom is -0.497 e. The van der Waals surface area contributed by atoms with Crippen molar-refractivity contribution in [3.05, 3.63) is 66.7 Å². The Morgan fingerprint density at radius 1 is 1.00 bits per heavy atom. The van der Waals surface area contributed by atoms with Crippen molar-refractivity contribution in [1.29, 1.82) is 0 Å². The van der Waals surface area contributed by atoms with Crippen LogP contribution in [-0.2, 0) is 14.8 Å². The number of aliphatic carboxylic acids is 1. The number of methoxy groups -OCH3 is 2. The average molecular weight is 575 g/mol. The van der Waals surface area contributed by atoms with E-state index < -0.39 is 28.1 Å². The van der Waals surface area contributed by atoms with Crippen LogP contribution in [-0.4, -0.2) is 61.7 Å². The molecule has 0 radical (unpaired) electrons. The van der Waals surface area contributed by atoms with Gasteiger partial charge in [-0.15, -0.1) is 11.3 Å². The molecule has 0 aliphatic rings. The first-order chi connectivity index (χ1) is 18.2. The van der Waals surface area contributed by atoms with Crippen LogP contribution in [0.4, 0.5) is 0 Å². The lowest BCUT2D eigenvalue weighted by molar-refractivity contribution is -0.139. The van der Waals surface area contributed by atoms with E-state index in [2.05, 4.69) is 9.71 Å². The zero-order valence-corrected chi connectivity index (χ0v) is 23.0. The quantitative estimate of drug-likeness (QED) is 0.212. The van der Waals surface area contributed by atoms with Gasteiger partial charge in [-0.25, -0.2) is 13.4 Å². The third-order valence-electron chi connectivity index (χ3n) is 5.67. The number of benzene rings is 3. The first-order valence-corrected chi connectivity index (χ1v) is 14.7. The van der Waals surface area contributed by atoms with Crippen LogP contribution in [0, 0.1) is 0 Å². The number of nitrogens with one attached hydrogen (secondary N) is 1. The molecule has 0 spiro atoms. The van der Waals surface area contributed by atoms with Gasteiger partial charge in [-0.2, -0.15) is 4.72 Å². The summed E-state index contributed by atoms with van der Waals surface area (Å²) < 4.78 is 40.0. The third-order valence-corrected chi connectivity index (χ3v) is 9.48. The van der Waals surface area contributed by atoms with Crippen molar-refractivity contribution in [2.45, 2.75) is 27.8 Å². The Hall–Kier alpha value is -3.16. The lowest BCUT2D eigenvalue weighted by Crippen LogP contribution is -2.43. The fourth-order valence-electron chi connectivity index (χ4n) is 3.65. The second kappa shape index (κ2) is 12.1. The zero-order valence-electron chi connectivity index (χ0n) is 20.5. The Bertz CT molecular complexity index is 1500. The van der Waals surface area contributed by atoms with Crippen molar-refractivity contribution in [3.8, 4) is 22.6 Å². The smallest absolute Gasteiger partial charge is 0.321 e. The van der Waals surface area contributed by atoms with Crippen LogP contribution in [0.3, 0.4) is 0 Å². The minimum absolute atomic E-state index is 0.0743. The second-order valence-electron chi connectivity index (χ2n) is 8.28. The molecule has 9 nitrogen and oxygen atoms in total. The lowest BCUT2D eigenvalue weighted by atomic mass is 10.1. The van der Waals surface area contributed by atoms with Gasteiger partial charge in [0.1, 0.15) is 17.5 Å². The van der Waals surface area contributed by atoms with Gasteiger partial charge >= 0.3 is 5.97 Å². The first kappa shape index (κ1) is 27.9. The van der Waals surface area contributed by atoms with Crippen molar-refractivity contribution in [1.82, 2.24) is 9.71 Å². The van der Waals surface area contributed by atoms with Crippen molar-refractivity contribution >= 4 is 49.3 Å². The highest BCUT2D eigenvalue weighted by molar-refractivity contribution is 8.01. The van der Waals surface area contributed by atoms with Gasteiger partial charge in [0.15, 0.2) is 4.34 Å². The lowest BCUT2D eigenvalue weighted by Gasteiger charge is -2.18. The van der Waals surface area contributed by atoms with E-state index >= 15 is 0 Å². The summed E-state index contributed by atoms with van der Waals surface area (Å²) in [5.41, 5.74) is 2.43. The van der Waals surface area contributed by atoms with Gasteiger partial charge < -0.3 is 19.7 Å². The number of carbonyl (C=O) groups is 1. The van der Waals surface area contributed by atoms with Gasteiger partial charge in [0, 0.05) is 18.2 Å². The number of nitrogens with zero attached hydrogens (tertiary/aromatic N) is 1. The van der Waals surface area contributed by atoms with E-state index in [4.69, 9.17) is 9.47 Å². The Morgan fingerprint density at radius 3 is 2.21 bits per heavy atom. The van der Waals surface area contributed by atoms with E-state index in [1.807, 2.05) is 30.3 Å². The molecule has 200 valence electrons. The number of thioether (sulfide) groups is 1. The Balaban J connectivity index is 1.38. The van der Waals surface area contributed by atoms with Crippen molar-refractivity contribution in [2.24, 2.45) is 0 Å². The van der Waals surface area contributed by atoms with E-state index in [0.29, 0.717) is 15.8 Å². The predicted molar refractivity (Wildman–Crippen MR) is 148 cm³/mol. The van der Waals surface area contributed by atoms with Gasteiger partial charge in [-0.3, -0.25) is 4.79 Å². The summed E-state index contributed by atoms with van der Waals surface area (Å²) in [6.45, 7) is 0. The number of carboxylic acid groups (broad SMARTS) is 1. The molecule has 2 unspecified atom stereocenters. The molecule has 4 aromatic rings. The maximum Gasteiger partial charge on any atom is 0.321 e. The van der Waals surface area contributed by atoms with Crippen molar-refractivity contribution in [2.75, 3.05) is 20.0 Å². The molecule has 0 aliphatic carbocycles. The second-order valence-corrected chi connectivity index (χ2v) is 12.3. The maximum atomic E-state index is 12.9. The van der Waals surface area contributed by atoms with E-state index in [1.165, 1.54) is 35.2 Å². The number of aliphatic hydroxyl groups excluding tert-OH is 1. The Labute approximate surface area is 228 Å². The van der Waals surface area contributed by atoms with Gasteiger partial charge in [-0.1, -0.05) is 36.0 Å². The third kappa shape index (κ3) is 6.83. The van der Waals surface area contributed by atoms with Crippen LogP contribution in [0.25, 0.3) is 21.3 Å². The summed E-state index contributed by atoms with van der Waals surface area (Å²) >= 11 is 2.72. The molecule has 3 N–H and O–H groups in total. The number of aliphatic hydroxyl groups is 1. The number of thiazole rings is 1. The van der Waals surface area contributed by atoms with Crippen LogP contribution in [0.2, 0.25) is 0 Å². The standard InChI is InChI=1S/C26H26N2O7S3/c1-34-19-7-3-16(4-8-19)17-5-10-21(11-6-17)38(32,33)28-23(25(30)31)13-18(29)15-36-26-27-22-14-20(35-2)9-12-24(22)37-26/h3-12,14,18,23,28-29H,13,15H2,1-2H3,(H,30,31). The number of sulfonamides is 1. The Kier molecular flexibility index (Phi) is 8.90. The number of fused-ring (bicyclic) bond motifs is 1. The largest absolute Gasteiger partial charge is 0.497 e. The van der Waals surface area contributed by atoms with Crippen LogP contribution in [0.5, 0.6) is 11.5 Å². The molecule has 4 rings (SSSR count). The van der Waals surface area contributed by atoms with Crippen LogP contribution < -0.4 is 14.2 Å². The highest BCUT2D eigenvalue weighted by Gasteiger charge is 2.28. The van der Waals surface area contributed by atoms with Crippen LogP contribution in [0.1, 0.15) is 6.42 Å². The van der Waals surface area contributed by atoms with Crippen LogP contribution >= 0.6 is 23.1 Å². The highest BCUT2D eigenvalue weighted by atomic mass is 32.2. The molecule has 0 saturated heterocycles. The molecule has 38 heavy (non-hydrogen) atoms. The molecule has 0 amide bonds. The van der Waals surface area contributed by atoms with E-state index in [9.17, 15) is 23.4 Å². The number of hydrogen-bond donors (Lipinski definition) is 3. The molecule has 0 aliphatic heterocycles. The summed E-state index contributed by atoms with van der Waals surface area (Å²) in [6, 6.07) is 17.5. The minimum atomic E-state index is -4.14. The van der Waals surface area contributed by atoms with E-state index in [-0.39, 0.29) is 17.1 Å². The SMILES string of the molecule is COc1ccc(-c2ccc(S(=O)(=O)NC(CC(O)CSc3nc4cc(OC)ccc4s3)C(=O)O)cc2)cc1. The molecule has 1 heterocycles. The molecule has 0 saturated carbocycles. The highest BCUT2D eigenvalue weighted by Crippen LogP contribution is 2.32. The summed E-state index contributed by atoms with van der Waals surface area (Å²) in [5.74, 6) is 0.169. The molecular weight excluding hydrogens is 548 g/mol. The number of carboxylic acids is 1. The van der Waals surface area contributed by atoms with Gasteiger partial charge in [-0.05, 0) is 47.5 Å². The average Bonchev–Trinajstić information content (AvgIpc) is 3.33. The molecule has 1 aromatic heterocycles. The van der Waals surface area contributed by atoms with Crippen molar-refractivity contribution in [3.63, 3.8) is 0 Å². The topological polar surface area (TPSA) is 135 Å². The monoisotopic (exact) mass is 574 g/mol. The van der Waals surface area contributed by atoms with Gasteiger partial charge in [0.05, 0.1) is 35.4 Å². The molecule has 12 heteroatoms. The van der Waals surface area contributed by atoms with Gasteiger partial charge in [0.2, 0.25) is 10.0 Å². The number of ether oxygens (including phenoxy) is 2. The summed E-state index contributed by atoms with van der Waals surface area (Å²) in [5, 5.41) is 20.1. The number of rotatable bonds is 12. The maximum absolute atomic E-state index is 12.9. The fraction of sp³-hybridized carbons (Fsp3) is 0.231. The fourth-order valence-corrected chi connectivity index (χ4v) is 6.87. The molecule has 3 aromatic carbocycles. The molecule has 0 fully saturated rings. The first-order valence-electron chi connectivity index (χ1n) is 11.4. The summed E-state index contributed by atoms with van der Waals surface area (Å²) in [7, 11) is -0.994. The summed E-state index contributed by atoms with van der Waals surface area (Å²) in [4.78, 5) is 16.2. The normalized spacial score (nSPS) is 13.2. The van der Waals surface area contributed by atoms with Crippen LogP contribution in [0.15, 0.2) is 76.0 Å². The van der Waals surface area contributed by atoms with E-state index in [0.717, 1.165) is 21.3 Å². The predicted octanol–water partition coefficient (Wildman–Crippen LogP) is 4.26. The zero-order chi connectivity index (χ0) is 27.3. The molecule has 0 bridgehead atoms. The molecular formula is C26H26N2O7S3. The molecule has 2 atom stereocenters.